The van der Waals surface area contributed by atoms with Gasteiger partial charge >= 0.3 is 0 Å². The van der Waals surface area contributed by atoms with Gasteiger partial charge in [0.25, 0.3) is 0 Å². The molecule has 21 heavy (non-hydrogen) atoms. The van der Waals surface area contributed by atoms with Crippen LogP contribution in [0.4, 0.5) is 0 Å². The number of nitrogens with zero attached hydrogens (tertiary/aromatic N) is 1. The van der Waals surface area contributed by atoms with E-state index in [0.29, 0.717) is 18.0 Å². The lowest BCUT2D eigenvalue weighted by Crippen LogP contribution is -2.31. The maximum absolute atomic E-state index is 12.4. The molecule has 0 radical (unpaired) electrons. The molecule has 1 N–H and O–H groups in total. The molecule has 0 aliphatic heterocycles. The molecule has 1 heterocycles. The Morgan fingerprint density at radius 2 is 2.00 bits per heavy atom. The number of hydrogen-bond donors (Lipinski definition) is 1. The summed E-state index contributed by atoms with van der Waals surface area (Å²) >= 11 is 5.93. The molecular formula is C17H19ClN2O. The molecule has 1 atom stereocenters. The van der Waals surface area contributed by atoms with Crippen molar-refractivity contribution in [1.29, 1.82) is 0 Å². The molecule has 0 aliphatic carbocycles. The number of hydrogen-bond acceptors (Lipinski definition) is 2. The van der Waals surface area contributed by atoms with Gasteiger partial charge in [0.05, 0.1) is 5.92 Å². The van der Waals surface area contributed by atoms with Crippen LogP contribution < -0.4 is 5.32 Å². The van der Waals surface area contributed by atoms with Crippen molar-refractivity contribution in [3.8, 4) is 0 Å². The van der Waals surface area contributed by atoms with Crippen LogP contribution in [0.25, 0.3) is 0 Å². The third-order valence-corrected chi connectivity index (χ3v) is 3.53. The summed E-state index contributed by atoms with van der Waals surface area (Å²) in [5.74, 6) is -0.214. The van der Waals surface area contributed by atoms with E-state index in [0.717, 1.165) is 17.7 Å². The predicted molar refractivity (Wildman–Crippen MR) is 85.4 cm³/mol. The molecule has 0 spiro atoms. The first kappa shape index (κ1) is 15.5. The molecule has 4 heteroatoms. The van der Waals surface area contributed by atoms with Gasteiger partial charge < -0.3 is 5.32 Å². The third kappa shape index (κ3) is 4.57. The average molecular weight is 303 g/mol. The number of amides is 1. The van der Waals surface area contributed by atoms with Crippen molar-refractivity contribution in [2.45, 2.75) is 25.7 Å². The molecule has 0 saturated heterocycles. The van der Waals surface area contributed by atoms with Crippen molar-refractivity contribution in [3.05, 3.63) is 64.9 Å². The Bertz CT molecular complexity index is 569. The number of benzene rings is 1. The minimum atomic E-state index is -0.247. The lowest BCUT2D eigenvalue weighted by Gasteiger charge is -2.17. The number of aromatic nitrogens is 1. The minimum absolute atomic E-state index is 0.0322. The van der Waals surface area contributed by atoms with E-state index < -0.39 is 0 Å². The van der Waals surface area contributed by atoms with Gasteiger partial charge in [0.2, 0.25) is 5.91 Å². The van der Waals surface area contributed by atoms with E-state index in [1.165, 1.54) is 0 Å². The number of nitrogens with one attached hydrogen (secondary N) is 1. The molecule has 3 nitrogen and oxygen atoms in total. The van der Waals surface area contributed by atoms with Crippen molar-refractivity contribution >= 4 is 17.5 Å². The van der Waals surface area contributed by atoms with E-state index in [1.807, 2.05) is 49.4 Å². The Balaban J connectivity index is 2.21. The highest BCUT2D eigenvalue weighted by Crippen LogP contribution is 2.22. The van der Waals surface area contributed by atoms with Crippen LogP contribution in [0.3, 0.4) is 0 Å². The molecule has 1 aromatic carbocycles. The summed E-state index contributed by atoms with van der Waals surface area (Å²) in [6.45, 7) is 2.72. The Hall–Kier alpha value is -1.87. The van der Waals surface area contributed by atoms with Crippen molar-refractivity contribution in [2.75, 3.05) is 6.54 Å². The Morgan fingerprint density at radius 3 is 2.62 bits per heavy atom. The average Bonchev–Trinajstić information content (AvgIpc) is 2.52. The van der Waals surface area contributed by atoms with Gasteiger partial charge in [-0.15, -0.1) is 0 Å². The van der Waals surface area contributed by atoms with Gasteiger partial charge in [-0.2, -0.15) is 0 Å². The molecule has 0 saturated carbocycles. The maximum Gasteiger partial charge on any atom is 0.227 e. The molecule has 110 valence electrons. The molecule has 1 aromatic heterocycles. The number of pyridine rings is 1. The Labute approximate surface area is 130 Å². The van der Waals surface area contributed by atoms with Crippen LogP contribution in [0.15, 0.2) is 48.7 Å². The highest BCUT2D eigenvalue weighted by Gasteiger charge is 2.21. The first-order valence-electron chi connectivity index (χ1n) is 7.13. The second kappa shape index (κ2) is 7.79. The van der Waals surface area contributed by atoms with Crippen molar-refractivity contribution in [2.24, 2.45) is 0 Å². The SMILES string of the molecule is CCCNC(=O)C(Cc1ccccn1)c1ccc(Cl)cc1. The maximum atomic E-state index is 12.4. The first-order chi connectivity index (χ1) is 10.2. The predicted octanol–water partition coefficient (Wildman–Crippen LogP) is 3.59. The van der Waals surface area contributed by atoms with E-state index in [4.69, 9.17) is 11.6 Å². The number of halogens is 1. The van der Waals surface area contributed by atoms with Crippen molar-refractivity contribution in [1.82, 2.24) is 10.3 Å². The summed E-state index contributed by atoms with van der Waals surface area (Å²) in [5, 5.41) is 3.64. The van der Waals surface area contributed by atoms with Gasteiger partial charge in [-0.25, -0.2) is 0 Å². The van der Waals surface area contributed by atoms with Crippen LogP contribution >= 0.6 is 11.6 Å². The van der Waals surface area contributed by atoms with E-state index in [9.17, 15) is 4.79 Å². The zero-order valence-corrected chi connectivity index (χ0v) is 12.8. The van der Waals surface area contributed by atoms with Gasteiger partial charge in [-0.05, 0) is 36.2 Å². The fraction of sp³-hybridized carbons (Fsp3) is 0.294. The Kier molecular flexibility index (Phi) is 5.76. The van der Waals surface area contributed by atoms with E-state index >= 15 is 0 Å². The molecule has 0 fully saturated rings. The standard InChI is InChI=1S/C17H19ClN2O/c1-2-10-20-17(21)16(12-15-5-3-4-11-19-15)13-6-8-14(18)9-7-13/h3-9,11,16H,2,10,12H2,1H3,(H,20,21). The fourth-order valence-corrected chi connectivity index (χ4v) is 2.28. The summed E-state index contributed by atoms with van der Waals surface area (Å²) in [6, 6.07) is 13.2. The van der Waals surface area contributed by atoms with E-state index in [1.54, 1.807) is 6.20 Å². The normalized spacial score (nSPS) is 11.9. The van der Waals surface area contributed by atoms with E-state index in [2.05, 4.69) is 10.3 Å². The fourth-order valence-electron chi connectivity index (χ4n) is 2.16. The van der Waals surface area contributed by atoms with Crippen LogP contribution in [0.2, 0.25) is 5.02 Å². The molecular weight excluding hydrogens is 284 g/mol. The monoisotopic (exact) mass is 302 g/mol. The zero-order chi connectivity index (χ0) is 15.1. The number of carbonyl (C=O) groups excluding carboxylic acids is 1. The summed E-state index contributed by atoms with van der Waals surface area (Å²) in [6.07, 6.45) is 3.25. The molecule has 0 aliphatic rings. The van der Waals surface area contributed by atoms with E-state index in [-0.39, 0.29) is 11.8 Å². The molecule has 1 amide bonds. The van der Waals surface area contributed by atoms with Crippen molar-refractivity contribution < 1.29 is 4.79 Å². The number of rotatable bonds is 6. The van der Waals surface area contributed by atoms with Crippen LogP contribution in [0.1, 0.15) is 30.5 Å². The van der Waals surface area contributed by atoms with Crippen LogP contribution in [-0.4, -0.2) is 17.4 Å². The Morgan fingerprint density at radius 1 is 1.24 bits per heavy atom. The zero-order valence-electron chi connectivity index (χ0n) is 12.1. The minimum Gasteiger partial charge on any atom is -0.356 e. The van der Waals surface area contributed by atoms with Gasteiger partial charge in [-0.3, -0.25) is 9.78 Å². The van der Waals surface area contributed by atoms with Gasteiger partial charge in [-0.1, -0.05) is 36.7 Å². The summed E-state index contributed by atoms with van der Waals surface area (Å²) in [5.41, 5.74) is 1.86. The lowest BCUT2D eigenvalue weighted by molar-refractivity contribution is -0.122. The van der Waals surface area contributed by atoms with Crippen LogP contribution in [0, 0.1) is 0 Å². The summed E-state index contributed by atoms with van der Waals surface area (Å²) < 4.78 is 0. The largest absolute Gasteiger partial charge is 0.356 e. The molecule has 0 bridgehead atoms. The highest BCUT2D eigenvalue weighted by molar-refractivity contribution is 6.30. The van der Waals surface area contributed by atoms with Crippen LogP contribution in [0.5, 0.6) is 0 Å². The highest BCUT2D eigenvalue weighted by atomic mass is 35.5. The lowest BCUT2D eigenvalue weighted by atomic mass is 9.93. The second-order valence-electron chi connectivity index (χ2n) is 4.92. The summed E-state index contributed by atoms with van der Waals surface area (Å²) in [7, 11) is 0. The topological polar surface area (TPSA) is 42.0 Å². The summed E-state index contributed by atoms with van der Waals surface area (Å²) in [4.78, 5) is 16.7. The van der Waals surface area contributed by atoms with Gasteiger partial charge in [0.15, 0.2) is 0 Å². The first-order valence-corrected chi connectivity index (χ1v) is 7.51. The van der Waals surface area contributed by atoms with Crippen molar-refractivity contribution in [3.63, 3.8) is 0 Å². The second-order valence-corrected chi connectivity index (χ2v) is 5.36. The molecule has 1 unspecified atom stereocenters. The quantitative estimate of drug-likeness (QED) is 0.886. The molecule has 2 aromatic rings. The van der Waals surface area contributed by atoms with Crippen LogP contribution in [-0.2, 0) is 11.2 Å². The van der Waals surface area contributed by atoms with Gasteiger partial charge in [0, 0.05) is 29.9 Å². The smallest absolute Gasteiger partial charge is 0.227 e. The number of carbonyl (C=O) groups is 1. The third-order valence-electron chi connectivity index (χ3n) is 3.28. The van der Waals surface area contributed by atoms with Gasteiger partial charge in [0.1, 0.15) is 0 Å². The molecule has 2 rings (SSSR count).